The number of urea groups is 1. The molecule has 6 nitrogen and oxygen atoms in total. The molecule has 2 fully saturated rings. The van der Waals surface area contributed by atoms with E-state index in [1.807, 2.05) is 43.3 Å². The maximum atomic E-state index is 13.0. The van der Waals surface area contributed by atoms with E-state index >= 15 is 0 Å². The molecular weight excluding hydrogens is 519 g/mol. The Morgan fingerprint density at radius 2 is 1.88 bits per heavy atom. The van der Waals surface area contributed by atoms with Gasteiger partial charge in [-0.15, -0.1) is 0 Å². The number of amides is 4. The number of carbonyl (C=O) groups excluding carboxylic acids is 3. The summed E-state index contributed by atoms with van der Waals surface area (Å²) in [5, 5.41) is 2.33. The van der Waals surface area contributed by atoms with Crippen molar-refractivity contribution in [1.82, 2.24) is 10.2 Å². The molecule has 0 bridgehead atoms. The van der Waals surface area contributed by atoms with Gasteiger partial charge in [-0.25, -0.2) is 4.79 Å². The molecule has 1 saturated carbocycles. The highest BCUT2D eigenvalue weighted by Crippen LogP contribution is 2.28. The van der Waals surface area contributed by atoms with Crippen LogP contribution in [0.1, 0.15) is 48.8 Å². The van der Waals surface area contributed by atoms with E-state index in [1.54, 1.807) is 6.08 Å². The summed E-state index contributed by atoms with van der Waals surface area (Å²) in [6, 6.07) is 12.9. The van der Waals surface area contributed by atoms with E-state index in [9.17, 15) is 14.4 Å². The van der Waals surface area contributed by atoms with E-state index in [1.165, 1.54) is 10.5 Å². The molecule has 0 spiro atoms. The summed E-state index contributed by atoms with van der Waals surface area (Å²) in [6.07, 6.45) is 6.19. The maximum Gasteiger partial charge on any atom is 0.331 e. The van der Waals surface area contributed by atoms with E-state index in [0.717, 1.165) is 47.0 Å². The van der Waals surface area contributed by atoms with Crippen molar-refractivity contribution in [3.63, 3.8) is 0 Å². The number of nitrogens with zero attached hydrogens (tertiary/aromatic N) is 1. The SMILES string of the molecule is Cc1cccc(COc2ccc(C=C3C(=O)NC(=O)N(C4CCCCC4)C3=O)cc2I)c1. The third-order valence-corrected chi connectivity index (χ3v) is 6.66. The van der Waals surface area contributed by atoms with E-state index in [0.29, 0.717) is 12.2 Å². The van der Waals surface area contributed by atoms with Crippen LogP contribution in [0.25, 0.3) is 6.08 Å². The molecule has 2 aliphatic rings. The highest BCUT2D eigenvalue weighted by molar-refractivity contribution is 14.1. The van der Waals surface area contributed by atoms with E-state index < -0.39 is 17.8 Å². The summed E-state index contributed by atoms with van der Waals surface area (Å²) >= 11 is 2.18. The minimum Gasteiger partial charge on any atom is -0.488 e. The molecule has 2 aromatic rings. The molecule has 0 radical (unpaired) electrons. The molecule has 0 unspecified atom stereocenters. The molecule has 1 saturated heterocycles. The van der Waals surface area contributed by atoms with Crippen LogP contribution in [0.3, 0.4) is 0 Å². The second-order valence-electron chi connectivity index (χ2n) is 8.25. The molecular formula is C25H25IN2O4. The van der Waals surface area contributed by atoms with Crippen molar-refractivity contribution in [2.45, 2.75) is 51.7 Å². The maximum absolute atomic E-state index is 13.0. The summed E-state index contributed by atoms with van der Waals surface area (Å²) in [6.45, 7) is 2.50. The zero-order valence-corrected chi connectivity index (χ0v) is 20.1. The lowest BCUT2D eigenvalue weighted by Crippen LogP contribution is -2.58. The lowest BCUT2D eigenvalue weighted by Gasteiger charge is -2.35. The van der Waals surface area contributed by atoms with Gasteiger partial charge >= 0.3 is 6.03 Å². The lowest BCUT2D eigenvalue weighted by atomic mass is 9.93. The molecule has 1 heterocycles. The van der Waals surface area contributed by atoms with Gasteiger partial charge in [0.05, 0.1) is 3.57 Å². The molecule has 32 heavy (non-hydrogen) atoms. The predicted molar refractivity (Wildman–Crippen MR) is 130 cm³/mol. The molecule has 0 aromatic heterocycles. The second-order valence-corrected chi connectivity index (χ2v) is 9.41. The predicted octanol–water partition coefficient (Wildman–Crippen LogP) is 4.97. The quantitative estimate of drug-likeness (QED) is 0.328. The van der Waals surface area contributed by atoms with Gasteiger partial charge in [-0.3, -0.25) is 19.8 Å². The first-order valence-corrected chi connectivity index (χ1v) is 11.9. The Bertz CT molecular complexity index is 1090. The normalized spacial score (nSPS) is 18.8. The zero-order valence-electron chi connectivity index (χ0n) is 17.9. The van der Waals surface area contributed by atoms with Crippen molar-refractivity contribution in [2.24, 2.45) is 0 Å². The Morgan fingerprint density at radius 3 is 2.59 bits per heavy atom. The van der Waals surface area contributed by atoms with Gasteiger partial charge in [0.2, 0.25) is 0 Å². The fourth-order valence-electron chi connectivity index (χ4n) is 4.20. The standard InChI is InChI=1S/C25H25IN2O4/c1-16-6-5-7-18(12-16)15-32-22-11-10-17(14-21(22)26)13-20-23(29)27-25(31)28(24(20)30)19-8-3-2-4-9-19/h5-7,10-14,19H,2-4,8-9,15H2,1H3,(H,27,29,31). The third kappa shape index (κ3) is 5.03. The number of carbonyl (C=O) groups is 3. The number of aryl methyl sites for hydroxylation is 1. The van der Waals surface area contributed by atoms with Gasteiger partial charge < -0.3 is 4.74 Å². The first-order valence-electron chi connectivity index (χ1n) is 10.8. The van der Waals surface area contributed by atoms with Crippen molar-refractivity contribution >= 4 is 46.5 Å². The third-order valence-electron chi connectivity index (χ3n) is 5.82. The highest BCUT2D eigenvalue weighted by Gasteiger charge is 2.40. The van der Waals surface area contributed by atoms with Crippen LogP contribution in [0.4, 0.5) is 4.79 Å². The number of halogens is 1. The molecule has 1 aliphatic heterocycles. The fraction of sp³-hybridized carbons (Fsp3) is 0.320. The van der Waals surface area contributed by atoms with Gasteiger partial charge in [-0.2, -0.15) is 0 Å². The smallest absolute Gasteiger partial charge is 0.331 e. The Morgan fingerprint density at radius 1 is 1.09 bits per heavy atom. The highest BCUT2D eigenvalue weighted by atomic mass is 127. The molecule has 2 aromatic carbocycles. The average Bonchev–Trinajstić information content (AvgIpc) is 2.77. The van der Waals surface area contributed by atoms with Crippen LogP contribution in [0.5, 0.6) is 5.75 Å². The van der Waals surface area contributed by atoms with Crippen LogP contribution >= 0.6 is 22.6 Å². The van der Waals surface area contributed by atoms with Gasteiger partial charge in [0.1, 0.15) is 17.9 Å². The van der Waals surface area contributed by atoms with Crippen LogP contribution < -0.4 is 10.1 Å². The Labute approximate surface area is 201 Å². The Hall–Kier alpha value is -2.68. The summed E-state index contributed by atoms with van der Waals surface area (Å²) < 4.78 is 6.82. The first kappa shape index (κ1) is 22.5. The zero-order chi connectivity index (χ0) is 22.7. The summed E-state index contributed by atoms with van der Waals surface area (Å²) in [4.78, 5) is 39.0. The molecule has 0 atom stereocenters. The van der Waals surface area contributed by atoms with Crippen molar-refractivity contribution in [3.05, 3.63) is 68.3 Å². The molecule has 166 valence electrons. The monoisotopic (exact) mass is 544 g/mol. The molecule has 1 N–H and O–H groups in total. The van der Waals surface area contributed by atoms with Crippen LogP contribution in [-0.4, -0.2) is 28.8 Å². The van der Waals surface area contributed by atoms with Crippen molar-refractivity contribution in [2.75, 3.05) is 0 Å². The first-order chi connectivity index (χ1) is 15.4. The summed E-state index contributed by atoms with van der Waals surface area (Å²) in [7, 11) is 0. The van der Waals surface area contributed by atoms with E-state index in [2.05, 4.69) is 34.0 Å². The number of nitrogens with one attached hydrogen (secondary N) is 1. The van der Waals surface area contributed by atoms with E-state index in [-0.39, 0.29) is 11.6 Å². The second kappa shape index (κ2) is 9.85. The number of barbiturate groups is 1. The number of benzene rings is 2. The number of hydrogen-bond acceptors (Lipinski definition) is 4. The topological polar surface area (TPSA) is 75.7 Å². The lowest BCUT2D eigenvalue weighted by molar-refractivity contribution is -0.132. The van der Waals surface area contributed by atoms with Gasteiger partial charge in [-0.05, 0) is 71.7 Å². The van der Waals surface area contributed by atoms with Crippen LogP contribution in [0.15, 0.2) is 48.0 Å². The van der Waals surface area contributed by atoms with Crippen molar-refractivity contribution in [3.8, 4) is 5.75 Å². The molecule has 1 aliphatic carbocycles. The van der Waals surface area contributed by atoms with Crippen LogP contribution in [0, 0.1) is 10.5 Å². The summed E-state index contributed by atoms with van der Waals surface area (Å²) in [5.41, 5.74) is 2.95. The fourth-order valence-corrected chi connectivity index (χ4v) is 4.89. The van der Waals surface area contributed by atoms with Gasteiger partial charge in [0.25, 0.3) is 11.8 Å². The molecule has 7 heteroatoms. The minimum absolute atomic E-state index is 0.0144. The largest absolute Gasteiger partial charge is 0.488 e. The molecule has 4 amide bonds. The van der Waals surface area contributed by atoms with Crippen LogP contribution in [-0.2, 0) is 16.2 Å². The average molecular weight is 544 g/mol. The summed E-state index contributed by atoms with van der Waals surface area (Å²) in [5.74, 6) is -0.435. The number of ether oxygens (including phenoxy) is 1. The number of rotatable bonds is 5. The Kier molecular flexibility index (Phi) is 6.93. The minimum atomic E-state index is -0.651. The van der Waals surface area contributed by atoms with E-state index in [4.69, 9.17) is 4.74 Å². The Balaban J connectivity index is 1.51. The van der Waals surface area contributed by atoms with Gasteiger partial charge in [0.15, 0.2) is 0 Å². The van der Waals surface area contributed by atoms with Crippen molar-refractivity contribution < 1.29 is 19.1 Å². The van der Waals surface area contributed by atoms with Crippen molar-refractivity contribution in [1.29, 1.82) is 0 Å². The van der Waals surface area contributed by atoms with Gasteiger partial charge in [-0.1, -0.05) is 55.2 Å². The number of hydrogen-bond donors (Lipinski definition) is 1. The van der Waals surface area contributed by atoms with Gasteiger partial charge in [0, 0.05) is 6.04 Å². The van der Waals surface area contributed by atoms with Crippen LogP contribution in [0.2, 0.25) is 0 Å². The number of imide groups is 2. The molecule has 4 rings (SSSR count).